The van der Waals surface area contributed by atoms with Gasteiger partial charge in [0.1, 0.15) is 0 Å². The summed E-state index contributed by atoms with van der Waals surface area (Å²) in [4.78, 5) is 33.9. The van der Waals surface area contributed by atoms with Gasteiger partial charge in [0, 0.05) is 23.4 Å². The van der Waals surface area contributed by atoms with E-state index in [-0.39, 0.29) is 16.8 Å². The minimum absolute atomic E-state index is 0.0480. The van der Waals surface area contributed by atoms with E-state index in [1.54, 1.807) is 25.1 Å². The second-order valence-corrected chi connectivity index (χ2v) is 4.78. The average molecular weight is 314 g/mol. The van der Waals surface area contributed by atoms with E-state index in [9.17, 15) is 19.7 Å². The highest BCUT2D eigenvalue weighted by Gasteiger charge is 2.13. The van der Waals surface area contributed by atoms with E-state index in [4.69, 9.17) is 0 Å². The van der Waals surface area contributed by atoms with Gasteiger partial charge in [-0.05, 0) is 36.8 Å². The summed E-state index contributed by atoms with van der Waals surface area (Å²) in [6.07, 6.45) is 0. The van der Waals surface area contributed by atoms with E-state index in [1.807, 2.05) is 0 Å². The Kier molecular flexibility index (Phi) is 4.70. The first-order valence-corrected chi connectivity index (χ1v) is 6.67. The maximum absolute atomic E-state index is 12.3. The molecule has 0 bridgehead atoms. The number of nitrogens with zero attached hydrogens (tertiary/aromatic N) is 1. The number of rotatable bonds is 4. The molecule has 1 amide bonds. The average Bonchev–Trinajstić information content (AvgIpc) is 2.55. The summed E-state index contributed by atoms with van der Waals surface area (Å²) in [5.74, 6) is -0.959. The number of esters is 1. The lowest BCUT2D eigenvalue weighted by Gasteiger charge is -2.09. The van der Waals surface area contributed by atoms with E-state index in [1.165, 1.54) is 31.4 Å². The number of nitro groups is 1. The van der Waals surface area contributed by atoms with Crippen molar-refractivity contribution in [3.05, 3.63) is 69.3 Å². The summed E-state index contributed by atoms with van der Waals surface area (Å²) in [7, 11) is 1.26. The fourth-order valence-electron chi connectivity index (χ4n) is 2.00. The lowest BCUT2D eigenvalue weighted by atomic mass is 10.1. The van der Waals surface area contributed by atoms with Crippen molar-refractivity contribution >= 4 is 23.3 Å². The predicted octanol–water partition coefficient (Wildman–Crippen LogP) is 2.94. The minimum atomic E-state index is -0.536. The highest BCUT2D eigenvalue weighted by molar-refractivity contribution is 6.06. The van der Waals surface area contributed by atoms with Gasteiger partial charge in [0.2, 0.25) is 0 Å². The normalized spacial score (nSPS) is 10.0. The molecule has 0 saturated heterocycles. The third kappa shape index (κ3) is 3.70. The Hall–Kier alpha value is -3.22. The number of hydrogen-bond donors (Lipinski definition) is 1. The van der Waals surface area contributed by atoms with Crippen LogP contribution in [0.2, 0.25) is 0 Å². The van der Waals surface area contributed by atoms with Crippen molar-refractivity contribution in [3.63, 3.8) is 0 Å². The number of nitro benzene ring substituents is 1. The molecule has 0 radical (unpaired) electrons. The zero-order chi connectivity index (χ0) is 17.0. The first-order chi connectivity index (χ1) is 10.9. The highest BCUT2D eigenvalue weighted by atomic mass is 16.6. The Labute approximate surface area is 132 Å². The number of nitrogens with one attached hydrogen (secondary N) is 1. The Morgan fingerprint density at radius 3 is 2.43 bits per heavy atom. The molecular formula is C16H14N2O5. The van der Waals surface area contributed by atoms with Gasteiger partial charge in [0.05, 0.1) is 17.6 Å². The Balaban J connectivity index is 2.22. The molecule has 0 atom stereocenters. The van der Waals surface area contributed by atoms with E-state index in [0.29, 0.717) is 11.3 Å². The van der Waals surface area contributed by atoms with E-state index in [2.05, 4.69) is 10.1 Å². The smallest absolute Gasteiger partial charge is 0.337 e. The monoisotopic (exact) mass is 314 g/mol. The second-order valence-electron chi connectivity index (χ2n) is 4.78. The van der Waals surface area contributed by atoms with Crippen molar-refractivity contribution in [1.29, 1.82) is 0 Å². The number of methoxy groups -OCH3 is 1. The van der Waals surface area contributed by atoms with Crippen LogP contribution in [0.3, 0.4) is 0 Å². The quantitative estimate of drug-likeness (QED) is 0.531. The zero-order valence-electron chi connectivity index (χ0n) is 12.5. The van der Waals surface area contributed by atoms with E-state index < -0.39 is 16.8 Å². The van der Waals surface area contributed by atoms with Crippen molar-refractivity contribution in [3.8, 4) is 0 Å². The summed E-state index contributed by atoms with van der Waals surface area (Å²) >= 11 is 0. The van der Waals surface area contributed by atoms with Gasteiger partial charge in [0.15, 0.2) is 0 Å². The van der Waals surface area contributed by atoms with Crippen LogP contribution in [0.25, 0.3) is 0 Å². The van der Waals surface area contributed by atoms with Gasteiger partial charge in [-0.15, -0.1) is 0 Å². The van der Waals surface area contributed by atoms with Crippen LogP contribution >= 0.6 is 0 Å². The summed E-state index contributed by atoms with van der Waals surface area (Å²) in [6.45, 7) is 1.66. The first-order valence-electron chi connectivity index (χ1n) is 6.67. The Bertz CT molecular complexity index is 786. The van der Waals surface area contributed by atoms with Crippen molar-refractivity contribution in [1.82, 2.24) is 0 Å². The summed E-state index contributed by atoms with van der Waals surface area (Å²) in [5, 5.41) is 13.4. The predicted molar refractivity (Wildman–Crippen MR) is 83.6 cm³/mol. The molecule has 23 heavy (non-hydrogen) atoms. The number of carbonyl (C=O) groups is 2. The van der Waals surface area contributed by atoms with Crippen LogP contribution in [-0.2, 0) is 4.74 Å². The van der Waals surface area contributed by atoms with E-state index in [0.717, 1.165) is 0 Å². The first kappa shape index (κ1) is 16.2. The molecule has 2 aromatic carbocycles. The van der Waals surface area contributed by atoms with Crippen LogP contribution in [0.5, 0.6) is 0 Å². The van der Waals surface area contributed by atoms with Crippen LogP contribution in [0.1, 0.15) is 26.3 Å². The topological polar surface area (TPSA) is 98.5 Å². The number of benzene rings is 2. The summed E-state index contributed by atoms with van der Waals surface area (Å²) in [6, 6.07) is 10.2. The minimum Gasteiger partial charge on any atom is -0.465 e. The molecule has 0 saturated carbocycles. The van der Waals surface area contributed by atoms with Crippen LogP contribution in [-0.4, -0.2) is 23.9 Å². The molecule has 0 heterocycles. The van der Waals surface area contributed by atoms with Gasteiger partial charge in [-0.25, -0.2) is 4.79 Å². The molecule has 1 N–H and O–H groups in total. The molecule has 0 aliphatic carbocycles. The van der Waals surface area contributed by atoms with Gasteiger partial charge < -0.3 is 10.1 Å². The van der Waals surface area contributed by atoms with Crippen LogP contribution in [0, 0.1) is 17.0 Å². The molecule has 0 aliphatic rings. The number of amides is 1. The van der Waals surface area contributed by atoms with Gasteiger partial charge in [-0.2, -0.15) is 0 Å². The third-order valence-electron chi connectivity index (χ3n) is 3.21. The molecule has 0 spiro atoms. The molecule has 0 unspecified atom stereocenters. The number of anilines is 1. The van der Waals surface area contributed by atoms with Crippen molar-refractivity contribution in [2.45, 2.75) is 6.92 Å². The summed E-state index contributed by atoms with van der Waals surface area (Å²) in [5.41, 5.74) is 1.53. The SMILES string of the molecule is COC(=O)c1cccc(C(=O)Nc2ccc([N+](=O)[O-])cc2C)c1. The van der Waals surface area contributed by atoms with E-state index >= 15 is 0 Å². The highest BCUT2D eigenvalue weighted by Crippen LogP contribution is 2.22. The molecular weight excluding hydrogens is 300 g/mol. The second kappa shape index (κ2) is 6.69. The van der Waals surface area contributed by atoms with Gasteiger partial charge in [-0.1, -0.05) is 6.07 Å². The Morgan fingerprint density at radius 1 is 1.13 bits per heavy atom. The number of carbonyl (C=O) groups excluding carboxylic acids is 2. The number of ether oxygens (including phenoxy) is 1. The fourth-order valence-corrected chi connectivity index (χ4v) is 2.00. The molecule has 0 aliphatic heterocycles. The van der Waals surface area contributed by atoms with Crippen molar-refractivity contribution in [2.24, 2.45) is 0 Å². The third-order valence-corrected chi connectivity index (χ3v) is 3.21. The molecule has 7 nitrogen and oxygen atoms in total. The zero-order valence-corrected chi connectivity index (χ0v) is 12.5. The summed E-state index contributed by atoms with van der Waals surface area (Å²) < 4.78 is 4.61. The molecule has 118 valence electrons. The lowest BCUT2D eigenvalue weighted by molar-refractivity contribution is -0.384. The fraction of sp³-hybridized carbons (Fsp3) is 0.125. The maximum atomic E-state index is 12.3. The van der Waals surface area contributed by atoms with Crippen molar-refractivity contribution in [2.75, 3.05) is 12.4 Å². The van der Waals surface area contributed by atoms with Crippen molar-refractivity contribution < 1.29 is 19.2 Å². The molecule has 7 heteroatoms. The van der Waals surface area contributed by atoms with Crippen LogP contribution in [0.15, 0.2) is 42.5 Å². The van der Waals surface area contributed by atoms with Gasteiger partial charge in [-0.3, -0.25) is 14.9 Å². The van der Waals surface area contributed by atoms with Crippen LogP contribution < -0.4 is 5.32 Å². The maximum Gasteiger partial charge on any atom is 0.337 e. The van der Waals surface area contributed by atoms with Gasteiger partial charge in [0.25, 0.3) is 11.6 Å². The van der Waals surface area contributed by atoms with Crippen LogP contribution in [0.4, 0.5) is 11.4 Å². The largest absolute Gasteiger partial charge is 0.465 e. The molecule has 2 rings (SSSR count). The molecule has 2 aromatic rings. The lowest BCUT2D eigenvalue weighted by Crippen LogP contribution is -2.14. The number of aryl methyl sites for hydroxylation is 1. The Morgan fingerprint density at radius 2 is 1.83 bits per heavy atom. The molecule has 0 fully saturated rings. The molecule has 0 aromatic heterocycles. The number of hydrogen-bond acceptors (Lipinski definition) is 5. The van der Waals surface area contributed by atoms with Gasteiger partial charge >= 0.3 is 5.97 Å². The number of non-ortho nitro benzene ring substituents is 1. The standard InChI is InChI=1S/C16H14N2O5/c1-10-8-13(18(21)22)6-7-14(10)17-15(19)11-4-3-5-12(9-11)16(20)23-2/h3-9H,1-2H3,(H,17,19).